The second-order valence-electron chi connectivity index (χ2n) is 10.6. The van der Waals surface area contributed by atoms with Crippen LogP contribution in [0.1, 0.15) is 26.3 Å². The van der Waals surface area contributed by atoms with Crippen LogP contribution >= 0.6 is 22.9 Å². The molecule has 0 spiro atoms. The predicted molar refractivity (Wildman–Crippen MR) is 167 cm³/mol. The van der Waals surface area contributed by atoms with Crippen LogP contribution in [0.5, 0.6) is 11.5 Å². The Hall–Kier alpha value is -4.14. The normalized spacial score (nSPS) is 12.2. The van der Waals surface area contributed by atoms with Gasteiger partial charge in [0.15, 0.2) is 11.5 Å². The third kappa shape index (κ3) is 6.66. The third-order valence-electron chi connectivity index (χ3n) is 6.73. The molecule has 2 aromatic heterocycles. The molecule has 0 aliphatic heterocycles. The molecule has 0 bridgehead atoms. The fraction of sp³-hybridized carbons (Fsp3) is 0.242. The Morgan fingerprint density at radius 3 is 2.48 bits per heavy atom. The van der Waals surface area contributed by atoms with Gasteiger partial charge < -0.3 is 14.2 Å². The van der Waals surface area contributed by atoms with Gasteiger partial charge in [0, 0.05) is 16.0 Å². The van der Waals surface area contributed by atoms with Gasteiger partial charge in [-0.15, -0.1) is 11.3 Å². The molecule has 5 rings (SSSR count). The van der Waals surface area contributed by atoms with E-state index < -0.39 is 5.60 Å². The third-order valence-corrected chi connectivity index (χ3v) is 8.14. The number of thiophene rings is 1. The molecule has 2 heterocycles. The molecule has 5 aromatic rings. The lowest BCUT2D eigenvalue weighted by atomic mass is 10.0. The van der Waals surface area contributed by atoms with E-state index in [9.17, 15) is 9.59 Å². The summed E-state index contributed by atoms with van der Waals surface area (Å²) in [5.41, 5.74) is 2.21. The number of hydrogen-bond acceptors (Lipinski definition) is 7. The number of halogens is 1. The second kappa shape index (κ2) is 12.4. The van der Waals surface area contributed by atoms with Gasteiger partial charge in [-0.25, -0.2) is 4.98 Å². The number of benzene rings is 3. The highest BCUT2D eigenvalue weighted by atomic mass is 35.5. The summed E-state index contributed by atoms with van der Waals surface area (Å²) in [6.45, 7) is 5.58. The maximum absolute atomic E-state index is 13.4. The summed E-state index contributed by atoms with van der Waals surface area (Å²) in [4.78, 5) is 31.7. The average Bonchev–Trinajstić information content (AvgIpc) is 3.42. The highest BCUT2D eigenvalue weighted by Crippen LogP contribution is 2.33. The Morgan fingerprint density at radius 1 is 1.02 bits per heavy atom. The van der Waals surface area contributed by atoms with Crippen molar-refractivity contribution in [2.45, 2.75) is 32.8 Å². The van der Waals surface area contributed by atoms with Crippen molar-refractivity contribution in [2.75, 3.05) is 13.7 Å². The van der Waals surface area contributed by atoms with Crippen LogP contribution in [0.4, 0.5) is 0 Å². The Morgan fingerprint density at radius 2 is 1.76 bits per heavy atom. The number of hydrogen-bond donors (Lipinski definition) is 0. The van der Waals surface area contributed by atoms with Crippen LogP contribution in [0.15, 0.2) is 90.0 Å². The zero-order valence-electron chi connectivity index (χ0n) is 23.8. The van der Waals surface area contributed by atoms with Gasteiger partial charge in [0.2, 0.25) is 0 Å². The molecular formula is C33H31ClN2O5S. The number of aromatic nitrogens is 2. The van der Waals surface area contributed by atoms with Gasteiger partial charge in [-0.1, -0.05) is 61.0 Å². The molecule has 3 aromatic carbocycles. The average molecular weight is 603 g/mol. The monoisotopic (exact) mass is 602 g/mol. The highest BCUT2D eigenvalue weighted by Gasteiger charge is 2.28. The Kier molecular flexibility index (Phi) is 8.66. The van der Waals surface area contributed by atoms with Crippen LogP contribution in [-0.2, 0) is 16.0 Å². The lowest BCUT2D eigenvalue weighted by Gasteiger charge is -2.27. The molecule has 0 amide bonds. The number of ether oxygens (including phenoxy) is 3. The number of fused-ring (bicyclic) bond motifs is 1. The molecule has 0 unspecified atom stereocenters. The van der Waals surface area contributed by atoms with Gasteiger partial charge in [-0.2, -0.15) is 0 Å². The Bertz CT molecular complexity index is 1760. The van der Waals surface area contributed by atoms with Gasteiger partial charge in [0.25, 0.3) is 5.56 Å². The van der Waals surface area contributed by atoms with E-state index in [1.165, 1.54) is 29.3 Å². The van der Waals surface area contributed by atoms with Crippen molar-refractivity contribution < 1.29 is 19.0 Å². The van der Waals surface area contributed by atoms with Gasteiger partial charge in [-0.3, -0.25) is 14.2 Å². The summed E-state index contributed by atoms with van der Waals surface area (Å²) in [5.74, 6) is 0.318. The van der Waals surface area contributed by atoms with E-state index in [1.54, 1.807) is 32.0 Å². The summed E-state index contributed by atoms with van der Waals surface area (Å²) in [6, 6.07) is 24.4. The topological polar surface area (TPSA) is 79.7 Å². The summed E-state index contributed by atoms with van der Waals surface area (Å²) in [5, 5.41) is 0.653. The SMILES string of the molecule is COc1cc(-n2cnc3cc(-c4ccc(Cl)cc4)sc3c2=O)ccc1OCC(C)(C)OC(=O)[C@@H](C)Cc1ccccc1. The second-order valence-corrected chi connectivity index (χ2v) is 12.1. The molecule has 0 saturated heterocycles. The lowest BCUT2D eigenvalue weighted by molar-refractivity contribution is -0.163. The Balaban J connectivity index is 1.29. The van der Waals surface area contributed by atoms with E-state index in [0.717, 1.165) is 16.0 Å². The van der Waals surface area contributed by atoms with Crippen molar-refractivity contribution in [3.05, 3.63) is 106 Å². The molecule has 0 saturated carbocycles. The van der Waals surface area contributed by atoms with Crippen molar-refractivity contribution in [1.82, 2.24) is 9.55 Å². The van der Waals surface area contributed by atoms with Crippen molar-refractivity contribution in [2.24, 2.45) is 5.92 Å². The van der Waals surface area contributed by atoms with Crippen molar-refractivity contribution >= 4 is 39.1 Å². The minimum Gasteiger partial charge on any atom is -0.493 e. The standard InChI is InChI=1S/C33H31ClN2O5S/c1-21(16-22-8-6-5-7-9-22)32(38)41-33(2,3)19-40-27-15-14-25(17-28(27)39-4)36-20-35-26-18-29(42-30(26)31(36)37)23-10-12-24(34)13-11-23/h5-15,17-18,20-21H,16,19H2,1-4H3/t21-/m0/s1. The first-order chi connectivity index (χ1) is 20.1. The molecule has 1 atom stereocenters. The van der Waals surface area contributed by atoms with E-state index >= 15 is 0 Å². The smallest absolute Gasteiger partial charge is 0.309 e. The number of methoxy groups -OCH3 is 1. The summed E-state index contributed by atoms with van der Waals surface area (Å²) in [6.07, 6.45) is 2.11. The fourth-order valence-corrected chi connectivity index (χ4v) is 5.66. The predicted octanol–water partition coefficient (Wildman–Crippen LogP) is 7.36. The minimum atomic E-state index is -0.876. The Labute approximate surface area is 253 Å². The highest BCUT2D eigenvalue weighted by molar-refractivity contribution is 7.22. The van der Waals surface area contributed by atoms with E-state index in [0.29, 0.717) is 38.8 Å². The zero-order chi connectivity index (χ0) is 29.9. The quantitative estimate of drug-likeness (QED) is 0.155. The fourth-order valence-electron chi connectivity index (χ4n) is 4.48. The van der Waals surface area contributed by atoms with Crippen LogP contribution in [0.25, 0.3) is 26.3 Å². The molecular weight excluding hydrogens is 572 g/mol. The van der Waals surface area contributed by atoms with Crippen molar-refractivity contribution in [3.8, 4) is 27.6 Å². The van der Waals surface area contributed by atoms with Crippen LogP contribution in [-0.4, -0.2) is 34.8 Å². The molecule has 0 N–H and O–H groups in total. The number of carbonyl (C=O) groups is 1. The molecule has 0 radical (unpaired) electrons. The van der Waals surface area contributed by atoms with Crippen LogP contribution in [0.2, 0.25) is 5.02 Å². The van der Waals surface area contributed by atoms with Crippen LogP contribution in [0, 0.1) is 5.92 Å². The molecule has 9 heteroatoms. The number of carbonyl (C=O) groups excluding carboxylic acids is 1. The molecule has 0 fully saturated rings. The van der Waals surface area contributed by atoms with Crippen LogP contribution in [0.3, 0.4) is 0 Å². The summed E-state index contributed by atoms with van der Waals surface area (Å²) >= 11 is 7.41. The first-order valence-electron chi connectivity index (χ1n) is 13.5. The van der Waals surface area contributed by atoms with E-state index in [4.69, 9.17) is 25.8 Å². The number of nitrogens with zero attached hydrogens (tertiary/aromatic N) is 2. The van der Waals surface area contributed by atoms with Crippen LogP contribution < -0.4 is 15.0 Å². The largest absolute Gasteiger partial charge is 0.493 e. The summed E-state index contributed by atoms with van der Waals surface area (Å²) in [7, 11) is 1.53. The lowest BCUT2D eigenvalue weighted by Crippen LogP contribution is -2.37. The molecule has 0 aliphatic carbocycles. The molecule has 42 heavy (non-hydrogen) atoms. The van der Waals surface area contributed by atoms with E-state index in [1.807, 2.05) is 67.6 Å². The zero-order valence-corrected chi connectivity index (χ0v) is 25.4. The minimum absolute atomic E-state index is 0.114. The van der Waals surface area contributed by atoms with E-state index in [2.05, 4.69) is 4.98 Å². The number of rotatable bonds is 10. The van der Waals surface area contributed by atoms with Gasteiger partial charge in [0.05, 0.1) is 24.2 Å². The summed E-state index contributed by atoms with van der Waals surface area (Å²) < 4.78 is 19.4. The maximum Gasteiger partial charge on any atom is 0.309 e. The van der Waals surface area contributed by atoms with Crippen molar-refractivity contribution in [3.63, 3.8) is 0 Å². The number of esters is 1. The molecule has 7 nitrogen and oxygen atoms in total. The van der Waals surface area contributed by atoms with Gasteiger partial charge in [-0.05, 0) is 61.7 Å². The first kappa shape index (κ1) is 29.4. The van der Waals surface area contributed by atoms with Crippen molar-refractivity contribution in [1.29, 1.82) is 0 Å². The van der Waals surface area contributed by atoms with Gasteiger partial charge >= 0.3 is 5.97 Å². The van der Waals surface area contributed by atoms with E-state index in [-0.39, 0.29) is 24.1 Å². The molecule has 216 valence electrons. The molecule has 0 aliphatic rings. The first-order valence-corrected chi connectivity index (χ1v) is 14.7. The maximum atomic E-state index is 13.4. The van der Waals surface area contributed by atoms with Gasteiger partial charge in [0.1, 0.15) is 23.2 Å².